The molecule has 3 heteroatoms. The normalized spacial score (nSPS) is 10.6. The summed E-state index contributed by atoms with van der Waals surface area (Å²) in [4.78, 5) is 12.0. The maximum atomic E-state index is 12.0. The van der Waals surface area contributed by atoms with E-state index in [0.29, 0.717) is 0 Å². The number of benzene rings is 2. The van der Waals surface area contributed by atoms with E-state index in [1.165, 1.54) is 0 Å². The number of hydrogen-bond acceptors (Lipinski definition) is 2. The molecular weight excluding hydrogens is 286 g/mol. The van der Waals surface area contributed by atoms with Gasteiger partial charge in [-0.2, -0.15) is 0 Å². The number of rotatable bonds is 4. The quantitative estimate of drug-likeness (QED) is 0.656. The van der Waals surface area contributed by atoms with E-state index in [1.54, 1.807) is 14.0 Å². The zero-order valence-corrected chi connectivity index (χ0v) is 13.5. The summed E-state index contributed by atoms with van der Waals surface area (Å²) in [5.74, 6) is 0.888. The zero-order chi connectivity index (χ0) is 16.4. The van der Waals surface area contributed by atoms with E-state index in [2.05, 4.69) is 16.7 Å². The molecule has 0 radical (unpaired) electrons. The first-order valence-corrected chi connectivity index (χ1v) is 7.55. The molecule has 0 amide bonds. The van der Waals surface area contributed by atoms with E-state index >= 15 is 0 Å². The Morgan fingerprint density at radius 3 is 2.22 bits per heavy atom. The lowest BCUT2D eigenvalue weighted by Gasteiger charge is -2.13. The minimum Gasteiger partial charge on any atom is -0.497 e. The van der Waals surface area contributed by atoms with E-state index in [1.807, 2.05) is 55.5 Å². The van der Waals surface area contributed by atoms with E-state index < -0.39 is 0 Å². The number of carbonyl (C=O) groups is 1. The molecule has 0 atom stereocenters. The highest BCUT2D eigenvalue weighted by Gasteiger charge is 2.17. The minimum atomic E-state index is 0.0759. The molecule has 23 heavy (non-hydrogen) atoms. The van der Waals surface area contributed by atoms with Gasteiger partial charge in [0.15, 0.2) is 5.78 Å². The van der Waals surface area contributed by atoms with E-state index in [9.17, 15) is 4.79 Å². The number of hydrogen-bond donors (Lipinski definition) is 0. The zero-order valence-electron chi connectivity index (χ0n) is 13.5. The van der Waals surface area contributed by atoms with Crippen molar-refractivity contribution < 1.29 is 9.53 Å². The highest BCUT2D eigenvalue weighted by Crippen LogP contribution is 2.30. The SMILES string of the molecule is COc1ccc(-n2c(-c3ccccc3)cc(C(C)=O)c2C)cc1. The lowest BCUT2D eigenvalue weighted by atomic mass is 10.1. The molecule has 0 saturated carbocycles. The van der Waals surface area contributed by atoms with Gasteiger partial charge in [0.2, 0.25) is 0 Å². The third-order valence-electron chi connectivity index (χ3n) is 4.03. The highest BCUT2D eigenvalue weighted by atomic mass is 16.5. The van der Waals surface area contributed by atoms with Crippen molar-refractivity contribution in [2.45, 2.75) is 13.8 Å². The third kappa shape index (κ3) is 2.78. The minimum absolute atomic E-state index is 0.0759. The smallest absolute Gasteiger partial charge is 0.161 e. The number of carbonyl (C=O) groups excluding carboxylic acids is 1. The van der Waals surface area contributed by atoms with Gasteiger partial charge in [-0.05, 0) is 49.7 Å². The molecule has 2 aromatic carbocycles. The molecule has 3 nitrogen and oxygen atoms in total. The second kappa shape index (κ2) is 6.13. The maximum absolute atomic E-state index is 12.0. The Morgan fingerprint density at radius 1 is 1.00 bits per heavy atom. The Bertz CT molecular complexity index is 830. The van der Waals surface area contributed by atoms with Gasteiger partial charge in [-0.25, -0.2) is 0 Å². The molecular formula is C20H19NO2. The van der Waals surface area contributed by atoms with Gasteiger partial charge in [0.1, 0.15) is 5.75 Å². The summed E-state index contributed by atoms with van der Waals surface area (Å²) in [5.41, 5.74) is 4.80. The average Bonchev–Trinajstić information content (AvgIpc) is 2.93. The van der Waals surface area contributed by atoms with Gasteiger partial charge >= 0.3 is 0 Å². The molecule has 1 aromatic heterocycles. The van der Waals surface area contributed by atoms with Crippen LogP contribution >= 0.6 is 0 Å². The summed E-state index contributed by atoms with van der Waals surface area (Å²) in [6, 6.07) is 19.9. The van der Waals surface area contributed by atoms with E-state index in [-0.39, 0.29) is 5.78 Å². The Balaban J connectivity index is 2.23. The number of ether oxygens (including phenoxy) is 1. The largest absolute Gasteiger partial charge is 0.497 e. The number of methoxy groups -OCH3 is 1. The molecule has 0 saturated heterocycles. The van der Waals surface area contributed by atoms with Crippen molar-refractivity contribution in [3.8, 4) is 22.7 Å². The Kier molecular flexibility index (Phi) is 4.02. The lowest BCUT2D eigenvalue weighted by molar-refractivity contribution is 0.101. The van der Waals surface area contributed by atoms with Crippen LogP contribution in [0.5, 0.6) is 5.75 Å². The molecule has 0 fully saturated rings. The van der Waals surface area contributed by atoms with Crippen LogP contribution < -0.4 is 4.74 Å². The van der Waals surface area contributed by atoms with Gasteiger partial charge in [-0.3, -0.25) is 4.79 Å². The van der Waals surface area contributed by atoms with Gasteiger partial charge in [-0.15, -0.1) is 0 Å². The Morgan fingerprint density at radius 2 is 1.65 bits per heavy atom. The van der Waals surface area contributed by atoms with Gasteiger partial charge in [0.05, 0.1) is 12.8 Å². The van der Waals surface area contributed by atoms with E-state index in [4.69, 9.17) is 4.74 Å². The van der Waals surface area contributed by atoms with Crippen molar-refractivity contribution in [1.82, 2.24) is 4.57 Å². The van der Waals surface area contributed by atoms with Crippen molar-refractivity contribution in [2.75, 3.05) is 7.11 Å². The Hall–Kier alpha value is -2.81. The first-order valence-electron chi connectivity index (χ1n) is 7.55. The van der Waals surface area contributed by atoms with Crippen LogP contribution in [0.25, 0.3) is 16.9 Å². The summed E-state index contributed by atoms with van der Waals surface area (Å²) >= 11 is 0. The van der Waals surface area contributed by atoms with Crippen LogP contribution in [0.2, 0.25) is 0 Å². The standard InChI is InChI=1S/C20H19NO2/c1-14-19(15(2)22)13-20(16-7-5-4-6-8-16)21(14)17-9-11-18(23-3)12-10-17/h4-13H,1-3H3. The summed E-state index contributed by atoms with van der Waals surface area (Å²) in [7, 11) is 1.65. The summed E-state index contributed by atoms with van der Waals surface area (Å²) in [6.07, 6.45) is 0. The molecule has 3 aromatic rings. The van der Waals surface area contributed by atoms with Gasteiger partial charge in [-0.1, -0.05) is 30.3 Å². The monoisotopic (exact) mass is 305 g/mol. The number of aromatic nitrogens is 1. The molecule has 3 rings (SSSR count). The predicted molar refractivity (Wildman–Crippen MR) is 92.5 cm³/mol. The third-order valence-corrected chi connectivity index (χ3v) is 4.03. The molecule has 0 unspecified atom stereocenters. The molecule has 0 aliphatic heterocycles. The second-order valence-corrected chi connectivity index (χ2v) is 5.48. The van der Waals surface area contributed by atoms with Crippen LogP contribution in [0.15, 0.2) is 60.7 Å². The number of ketones is 1. The topological polar surface area (TPSA) is 31.2 Å². The van der Waals surface area contributed by atoms with Gasteiger partial charge in [0.25, 0.3) is 0 Å². The molecule has 1 heterocycles. The highest BCUT2D eigenvalue weighted by molar-refractivity contribution is 5.97. The van der Waals surface area contributed by atoms with Crippen LogP contribution in [0.4, 0.5) is 0 Å². The summed E-state index contributed by atoms with van der Waals surface area (Å²) in [6.45, 7) is 3.59. The van der Waals surface area contributed by atoms with Crippen molar-refractivity contribution in [3.63, 3.8) is 0 Å². The van der Waals surface area contributed by atoms with Crippen LogP contribution in [0.1, 0.15) is 23.0 Å². The van der Waals surface area contributed by atoms with Crippen LogP contribution in [0, 0.1) is 6.92 Å². The van der Waals surface area contributed by atoms with Crippen LogP contribution in [-0.2, 0) is 0 Å². The molecule has 0 spiro atoms. The fraction of sp³-hybridized carbons (Fsp3) is 0.150. The maximum Gasteiger partial charge on any atom is 0.161 e. The average molecular weight is 305 g/mol. The fourth-order valence-electron chi connectivity index (χ4n) is 2.85. The Labute approximate surface area is 136 Å². The van der Waals surface area contributed by atoms with Crippen molar-refractivity contribution >= 4 is 5.78 Å². The lowest BCUT2D eigenvalue weighted by Crippen LogP contribution is -2.01. The second-order valence-electron chi connectivity index (χ2n) is 5.48. The van der Waals surface area contributed by atoms with Crippen LogP contribution in [-0.4, -0.2) is 17.5 Å². The molecule has 0 bridgehead atoms. The summed E-state index contributed by atoms with van der Waals surface area (Å²) < 4.78 is 7.35. The first-order chi connectivity index (χ1) is 11.1. The number of nitrogens with zero attached hydrogens (tertiary/aromatic N) is 1. The van der Waals surface area contributed by atoms with Crippen molar-refractivity contribution in [2.24, 2.45) is 0 Å². The molecule has 0 aliphatic rings. The van der Waals surface area contributed by atoms with Crippen LogP contribution in [0.3, 0.4) is 0 Å². The van der Waals surface area contributed by atoms with Crippen molar-refractivity contribution in [3.05, 3.63) is 71.9 Å². The predicted octanol–water partition coefficient (Wildman–Crippen LogP) is 4.66. The van der Waals surface area contributed by atoms with Gasteiger partial charge < -0.3 is 9.30 Å². The molecule has 116 valence electrons. The summed E-state index contributed by atoms with van der Waals surface area (Å²) in [5, 5.41) is 0. The number of Topliss-reactive ketones (excluding diaryl/α,β-unsaturated/α-hetero) is 1. The molecule has 0 N–H and O–H groups in total. The van der Waals surface area contributed by atoms with Crippen molar-refractivity contribution in [1.29, 1.82) is 0 Å². The molecule has 0 aliphatic carbocycles. The van der Waals surface area contributed by atoms with Gasteiger partial charge in [0, 0.05) is 16.9 Å². The van der Waals surface area contributed by atoms with E-state index in [0.717, 1.165) is 34.0 Å². The first kappa shape index (κ1) is 15.1. The fourth-order valence-corrected chi connectivity index (χ4v) is 2.85.